The number of aryl methyl sites for hydroxylation is 1. The molecule has 2 atom stereocenters. The maximum Gasteiger partial charge on any atom is 0.339 e. The molecule has 1 N–H and O–H groups in total. The molecule has 1 aliphatic heterocycles. The van der Waals surface area contributed by atoms with Crippen LogP contribution in [0, 0.1) is 13.8 Å². The first kappa shape index (κ1) is 35.2. The smallest absolute Gasteiger partial charge is 0.339 e. The zero-order chi connectivity index (χ0) is 33.7. The molecule has 0 radical (unpaired) electrons. The Hall–Kier alpha value is -2.63. The summed E-state index contributed by atoms with van der Waals surface area (Å²) in [5.74, 6) is -0.583. The van der Waals surface area contributed by atoms with Crippen molar-refractivity contribution in [2.75, 3.05) is 18.0 Å². The van der Waals surface area contributed by atoms with Gasteiger partial charge in [0.05, 0.1) is 36.6 Å². The van der Waals surface area contributed by atoms with Crippen LogP contribution in [0.2, 0.25) is 23.2 Å². The number of aromatic amines is 1. The molecule has 246 valence electrons. The highest BCUT2D eigenvalue weighted by Crippen LogP contribution is 2.48. The third-order valence-corrected chi connectivity index (χ3v) is 15.0. The first-order valence-electron chi connectivity index (χ1n) is 15.2. The molecule has 8 nitrogen and oxygen atoms in total. The number of carbonyl (C=O) groups is 1. The van der Waals surface area contributed by atoms with Crippen LogP contribution in [0.1, 0.15) is 70.9 Å². The third-order valence-electron chi connectivity index (χ3n) is 8.71. The highest BCUT2D eigenvalue weighted by Gasteiger charge is 2.42. The molecule has 1 aliphatic rings. The number of sulfonamides is 1. The van der Waals surface area contributed by atoms with E-state index in [1.807, 2.05) is 52.8 Å². The predicted molar refractivity (Wildman–Crippen MR) is 186 cm³/mol. The van der Waals surface area contributed by atoms with E-state index in [2.05, 4.69) is 38.8 Å². The van der Waals surface area contributed by atoms with Crippen molar-refractivity contribution in [3.8, 4) is 11.1 Å². The van der Waals surface area contributed by atoms with Crippen LogP contribution >= 0.6 is 11.6 Å². The first-order chi connectivity index (χ1) is 20.7. The lowest BCUT2D eigenvalue weighted by Crippen LogP contribution is -2.49. The Labute approximate surface area is 274 Å². The van der Waals surface area contributed by atoms with Crippen molar-refractivity contribution in [2.24, 2.45) is 0 Å². The van der Waals surface area contributed by atoms with Gasteiger partial charge in [0.2, 0.25) is 0 Å². The van der Waals surface area contributed by atoms with Crippen molar-refractivity contribution in [3.63, 3.8) is 0 Å². The molecule has 2 aromatic carbocycles. The summed E-state index contributed by atoms with van der Waals surface area (Å²) in [4.78, 5) is 17.0. The molecule has 0 spiro atoms. The van der Waals surface area contributed by atoms with Crippen LogP contribution in [-0.4, -0.2) is 53.0 Å². The number of aromatic nitrogens is 1. The number of ether oxygens (including phenoxy) is 2. The summed E-state index contributed by atoms with van der Waals surface area (Å²) in [5, 5.41) is 2.53. The van der Waals surface area contributed by atoms with E-state index < -0.39 is 42.1 Å². The number of esters is 1. The van der Waals surface area contributed by atoms with E-state index in [1.165, 1.54) is 16.8 Å². The molecule has 0 fully saturated rings. The molecule has 0 unspecified atom stereocenters. The zero-order valence-electron chi connectivity index (χ0n) is 28.3. The SMILES string of the molecule is COC(=O)[C@@H](OC(C)(C)C)c1c(C)c(N2[C@H](CO[Si](C)(C)C(C)(C)C)CC=CS2(=O)=O)c2[nH]c(C)cc2c1-c1ccc(Cl)cc1. The molecule has 45 heavy (non-hydrogen) atoms. The minimum atomic E-state index is -3.93. The van der Waals surface area contributed by atoms with Crippen LogP contribution in [0.5, 0.6) is 0 Å². The van der Waals surface area contributed by atoms with Gasteiger partial charge in [0.25, 0.3) is 10.0 Å². The minimum Gasteiger partial charge on any atom is -0.467 e. The second-order valence-corrected chi connectivity index (χ2v) is 21.3. The number of hydrogen-bond acceptors (Lipinski definition) is 6. The number of nitrogens with one attached hydrogen (secondary N) is 1. The number of rotatable bonds is 8. The van der Waals surface area contributed by atoms with Crippen molar-refractivity contribution in [1.29, 1.82) is 0 Å². The number of hydrogen-bond donors (Lipinski definition) is 1. The summed E-state index contributed by atoms with van der Waals surface area (Å²) in [7, 11) is -4.81. The van der Waals surface area contributed by atoms with E-state index in [0.29, 0.717) is 33.8 Å². The first-order valence-corrected chi connectivity index (χ1v) is 20.0. The van der Waals surface area contributed by atoms with E-state index in [4.69, 9.17) is 25.5 Å². The van der Waals surface area contributed by atoms with Gasteiger partial charge in [-0.15, -0.1) is 0 Å². The van der Waals surface area contributed by atoms with Gasteiger partial charge in [-0.25, -0.2) is 13.2 Å². The quantitative estimate of drug-likeness (QED) is 0.190. The number of carbonyl (C=O) groups excluding carboxylic acids is 1. The van der Waals surface area contributed by atoms with Gasteiger partial charge in [-0.3, -0.25) is 4.31 Å². The monoisotopic (exact) mass is 674 g/mol. The molecule has 0 saturated carbocycles. The van der Waals surface area contributed by atoms with E-state index in [0.717, 1.165) is 22.2 Å². The standard InChI is InChI=1S/C34H47ClN2O6SSi/c1-21-19-26-28(23-14-16-24(35)17-15-23)27(31(32(38)41-9)43-33(3,4)5)22(2)30(29(26)36-21)37-25(13-12-18-44(37,39)40)20-42-45(10,11)34(6,7)8/h12,14-19,25,31,36H,13,20H2,1-11H3/t25-,31-/m0/s1. The summed E-state index contributed by atoms with van der Waals surface area (Å²) in [6.45, 7) is 20.4. The second kappa shape index (κ2) is 12.5. The van der Waals surface area contributed by atoms with Gasteiger partial charge in [0.15, 0.2) is 14.4 Å². The normalized spacial score (nSPS) is 18.0. The molecular formula is C34H47ClN2O6SSi. The van der Waals surface area contributed by atoms with Crippen LogP contribution in [0.4, 0.5) is 5.69 Å². The fourth-order valence-corrected chi connectivity index (χ4v) is 8.21. The number of fused-ring (bicyclic) bond motifs is 1. The van der Waals surface area contributed by atoms with E-state index in [9.17, 15) is 13.2 Å². The maximum absolute atomic E-state index is 14.1. The van der Waals surface area contributed by atoms with Crippen LogP contribution < -0.4 is 4.31 Å². The van der Waals surface area contributed by atoms with Crippen molar-refractivity contribution >= 4 is 52.5 Å². The second-order valence-electron chi connectivity index (χ2n) is 14.3. The van der Waals surface area contributed by atoms with E-state index in [1.54, 1.807) is 18.2 Å². The third kappa shape index (κ3) is 7.20. The maximum atomic E-state index is 14.1. The predicted octanol–water partition coefficient (Wildman–Crippen LogP) is 8.58. The lowest BCUT2D eigenvalue weighted by molar-refractivity contribution is -0.164. The van der Waals surface area contributed by atoms with Gasteiger partial charge in [0.1, 0.15) is 0 Å². The molecule has 1 aromatic heterocycles. The summed E-state index contributed by atoms with van der Waals surface area (Å²) in [6.07, 6.45) is 1.02. The van der Waals surface area contributed by atoms with Gasteiger partial charge in [-0.1, -0.05) is 50.6 Å². The van der Waals surface area contributed by atoms with Crippen LogP contribution in [-0.2, 0) is 28.7 Å². The largest absolute Gasteiger partial charge is 0.467 e. The molecule has 11 heteroatoms. The van der Waals surface area contributed by atoms with Crippen LogP contribution in [0.25, 0.3) is 22.0 Å². The zero-order valence-corrected chi connectivity index (χ0v) is 30.9. The number of anilines is 1. The summed E-state index contributed by atoms with van der Waals surface area (Å²) < 4.78 is 47.9. The van der Waals surface area contributed by atoms with Crippen molar-refractivity contribution in [3.05, 3.63) is 63.7 Å². The molecule has 0 bridgehead atoms. The topological polar surface area (TPSA) is 97.9 Å². The highest BCUT2D eigenvalue weighted by atomic mass is 35.5. The number of H-pyrrole nitrogens is 1. The molecule has 0 saturated heterocycles. The highest BCUT2D eigenvalue weighted by molar-refractivity contribution is 7.95. The van der Waals surface area contributed by atoms with Gasteiger partial charge in [-0.05, 0) is 94.1 Å². The average Bonchev–Trinajstić information content (AvgIpc) is 3.30. The Bertz CT molecular complexity index is 1720. The van der Waals surface area contributed by atoms with E-state index >= 15 is 0 Å². The molecule has 4 rings (SSSR count). The van der Waals surface area contributed by atoms with Gasteiger partial charge in [0, 0.05) is 27.1 Å². The Morgan fingerprint density at radius 2 is 1.73 bits per heavy atom. The minimum absolute atomic E-state index is 0.0492. The Morgan fingerprint density at radius 1 is 1.11 bits per heavy atom. The number of methoxy groups -OCH3 is 1. The van der Waals surface area contributed by atoms with Gasteiger partial charge < -0.3 is 18.9 Å². The van der Waals surface area contributed by atoms with Gasteiger partial charge in [-0.2, -0.15) is 0 Å². The van der Waals surface area contributed by atoms with Crippen molar-refractivity contribution < 1.29 is 27.1 Å². The molecule has 3 aromatic rings. The van der Waals surface area contributed by atoms with Gasteiger partial charge >= 0.3 is 5.97 Å². The molecule has 0 aliphatic carbocycles. The molecule has 2 heterocycles. The number of halogens is 1. The Morgan fingerprint density at radius 3 is 2.29 bits per heavy atom. The average molecular weight is 675 g/mol. The lowest BCUT2D eigenvalue weighted by Gasteiger charge is -2.41. The summed E-state index contributed by atoms with van der Waals surface area (Å²) in [5.41, 5.74) is 3.89. The van der Waals surface area contributed by atoms with Crippen LogP contribution in [0.3, 0.4) is 0 Å². The van der Waals surface area contributed by atoms with Crippen molar-refractivity contribution in [2.45, 2.75) is 97.7 Å². The Kier molecular flexibility index (Phi) is 9.80. The summed E-state index contributed by atoms with van der Waals surface area (Å²) >= 11 is 6.29. The fraction of sp³-hybridized carbons (Fsp3) is 0.500. The number of nitrogens with zero attached hydrogens (tertiary/aromatic N) is 1. The van der Waals surface area contributed by atoms with Crippen LogP contribution in [0.15, 0.2) is 41.8 Å². The molecular weight excluding hydrogens is 628 g/mol. The lowest BCUT2D eigenvalue weighted by atomic mass is 9.87. The number of benzene rings is 2. The molecule has 0 amide bonds. The fourth-order valence-electron chi connectivity index (χ4n) is 5.51. The Balaban J connectivity index is 2.10. The summed E-state index contributed by atoms with van der Waals surface area (Å²) in [6, 6.07) is 8.84. The van der Waals surface area contributed by atoms with Crippen molar-refractivity contribution in [1.82, 2.24) is 4.98 Å². The van der Waals surface area contributed by atoms with E-state index in [-0.39, 0.29) is 11.6 Å².